The van der Waals surface area contributed by atoms with Gasteiger partial charge in [-0.3, -0.25) is 4.79 Å². The van der Waals surface area contributed by atoms with Crippen LogP contribution in [0.15, 0.2) is 101 Å². The van der Waals surface area contributed by atoms with Gasteiger partial charge in [0.25, 0.3) is 0 Å². The third-order valence-corrected chi connectivity index (χ3v) is 5.51. The molecule has 0 unspecified atom stereocenters. The molecule has 1 amide bonds. The fourth-order valence-corrected chi connectivity index (χ4v) is 3.71. The van der Waals surface area contributed by atoms with Gasteiger partial charge < -0.3 is 4.74 Å². The molecule has 0 aromatic heterocycles. The van der Waals surface area contributed by atoms with Crippen molar-refractivity contribution in [1.82, 2.24) is 5.43 Å². The summed E-state index contributed by atoms with van der Waals surface area (Å²) >= 11 is 3.54. The number of rotatable bonds is 6. The van der Waals surface area contributed by atoms with Crippen LogP contribution in [0.3, 0.4) is 0 Å². The zero-order valence-electron chi connectivity index (χ0n) is 17.0. The predicted molar refractivity (Wildman–Crippen MR) is 129 cm³/mol. The molecule has 0 saturated carbocycles. The molecule has 4 aromatic rings. The van der Waals surface area contributed by atoms with Crippen molar-refractivity contribution < 1.29 is 14.3 Å². The maximum atomic E-state index is 12.3. The molecule has 1 N–H and O–H groups in total. The van der Waals surface area contributed by atoms with Crippen molar-refractivity contribution in [1.29, 1.82) is 0 Å². The number of halogens is 1. The molecule has 0 atom stereocenters. The van der Waals surface area contributed by atoms with Crippen LogP contribution in [0.4, 0.5) is 0 Å². The van der Waals surface area contributed by atoms with E-state index < -0.39 is 5.97 Å². The summed E-state index contributed by atoms with van der Waals surface area (Å²) in [4.78, 5) is 24.4. The van der Waals surface area contributed by atoms with E-state index in [-0.39, 0.29) is 12.3 Å². The van der Waals surface area contributed by atoms with Crippen LogP contribution >= 0.6 is 15.9 Å². The Balaban J connectivity index is 1.34. The highest BCUT2D eigenvalue weighted by atomic mass is 79.9. The molecule has 0 saturated heterocycles. The van der Waals surface area contributed by atoms with Crippen LogP contribution in [0.2, 0.25) is 0 Å². The molecular formula is C26H19BrN2O3. The first-order chi connectivity index (χ1) is 15.6. The molecule has 0 aliphatic carbocycles. The SMILES string of the molecule is O=C(Cc1ccc(Br)c2ccccc12)N/N=C\c1ccc(OC(=O)c2ccccc2)cc1. The average Bonchev–Trinajstić information content (AvgIpc) is 2.83. The van der Waals surface area contributed by atoms with Gasteiger partial charge in [0.05, 0.1) is 18.2 Å². The summed E-state index contributed by atoms with van der Waals surface area (Å²) < 4.78 is 6.35. The zero-order chi connectivity index (χ0) is 22.3. The molecule has 0 bridgehead atoms. The second-order valence-corrected chi connectivity index (χ2v) is 7.90. The molecule has 0 aliphatic heterocycles. The van der Waals surface area contributed by atoms with Gasteiger partial charge in [-0.05, 0) is 64.4 Å². The van der Waals surface area contributed by atoms with Crippen LogP contribution in [0.5, 0.6) is 5.75 Å². The number of benzene rings is 4. The summed E-state index contributed by atoms with van der Waals surface area (Å²) in [5, 5.41) is 6.13. The van der Waals surface area contributed by atoms with E-state index in [4.69, 9.17) is 4.74 Å². The minimum atomic E-state index is -0.417. The number of hydrazone groups is 1. The predicted octanol–water partition coefficient (Wildman–Crippen LogP) is 5.51. The largest absolute Gasteiger partial charge is 0.423 e. The summed E-state index contributed by atoms with van der Waals surface area (Å²) in [5.41, 5.74) is 4.74. The van der Waals surface area contributed by atoms with Crippen LogP contribution in [0.1, 0.15) is 21.5 Å². The number of nitrogens with zero attached hydrogens (tertiary/aromatic N) is 1. The van der Waals surface area contributed by atoms with E-state index in [0.29, 0.717) is 11.3 Å². The topological polar surface area (TPSA) is 67.8 Å². The fourth-order valence-electron chi connectivity index (χ4n) is 3.23. The molecule has 32 heavy (non-hydrogen) atoms. The van der Waals surface area contributed by atoms with Crippen LogP contribution in [-0.2, 0) is 11.2 Å². The fraction of sp³-hybridized carbons (Fsp3) is 0.0385. The normalized spacial score (nSPS) is 10.9. The maximum Gasteiger partial charge on any atom is 0.343 e. The van der Waals surface area contributed by atoms with E-state index in [9.17, 15) is 9.59 Å². The lowest BCUT2D eigenvalue weighted by atomic mass is 10.0. The van der Waals surface area contributed by atoms with Crippen LogP contribution in [0.25, 0.3) is 10.8 Å². The summed E-state index contributed by atoms with van der Waals surface area (Å²) in [7, 11) is 0. The number of amides is 1. The van der Waals surface area contributed by atoms with Crippen molar-refractivity contribution in [3.8, 4) is 5.75 Å². The lowest BCUT2D eigenvalue weighted by Gasteiger charge is -2.07. The van der Waals surface area contributed by atoms with Gasteiger partial charge in [0, 0.05) is 4.47 Å². The Morgan fingerprint density at radius 1 is 0.844 bits per heavy atom. The van der Waals surface area contributed by atoms with Crippen molar-refractivity contribution in [2.45, 2.75) is 6.42 Å². The number of esters is 1. The van der Waals surface area contributed by atoms with Gasteiger partial charge >= 0.3 is 5.97 Å². The van der Waals surface area contributed by atoms with E-state index >= 15 is 0 Å². The maximum absolute atomic E-state index is 12.3. The second kappa shape index (κ2) is 10.0. The Morgan fingerprint density at radius 2 is 1.53 bits per heavy atom. The van der Waals surface area contributed by atoms with Gasteiger partial charge in [0.15, 0.2) is 0 Å². The number of carbonyl (C=O) groups is 2. The molecule has 0 fully saturated rings. The number of hydrogen-bond acceptors (Lipinski definition) is 4. The van der Waals surface area contributed by atoms with Crippen LogP contribution in [-0.4, -0.2) is 18.1 Å². The van der Waals surface area contributed by atoms with Gasteiger partial charge in [-0.15, -0.1) is 0 Å². The van der Waals surface area contributed by atoms with E-state index in [1.807, 2.05) is 42.5 Å². The summed E-state index contributed by atoms with van der Waals surface area (Å²) in [6.07, 6.45) is 1.76. The molecule has 4 rings (SSSR count). The van der Waals surface area contributed by atoms with Crippen molar-refractivity contribution >= 4 is 44.8 Å². The monoisotopic (exact) mass is 486 g/mol. The Morgan fingerprint density at radius 3 is 2.28 bits per heavy atom. The molecule has 0 radical (unpaired) electrons. The molecule has 4 aromatic carbocycles. The van der Waals surface area contributed by atoms with E-state index in [1.54, 1.807) is 54.7 Å². The minimum Gasteiger partial charge on any atom is -0.423 e. The average molecular weight is 487 g/mol. The van der Waals surface area contributed by atoms with Crippen LogP contribution < -0.4 is 10.2 Å². The molecule has 158 valence electrons. The van der Waals surface area contributed by atoms with Gasteiger partial charge in [0.2, 0.25) is 5.91 Å². The van der Waals surface area contributed by atoms with Gasteiger partial charge in [-0.1, -0.05) is 64.5 Å². The summed E-state index contributed by atoms with van der Waals surface area (Å²) in [6.45, 7) is 0. The van der Waals surface area contributed by atoms with Gasteiger partial charge in [-0.2, -0.15) is 5.10 Å². The zero-order valence-corrected chi connectivity index (χ0v) is 18.6. The first kappa shape index (κ1) is 21.5. The van der Waals surface area contributed by atoms with Crippen molar-refractivity contribution in [2.24, 2.45) is 5.10 Å². The number of hydrogen-bond donors (Lipinski definition) is 1. The van der Waals surface area contributed by atoms with E-state index in [0.717, 1.165) is 26.4 Å². The molecular weight excluding hydrogens is 468 g/mol. The lowest BCUT2D eigenvalue weighted by molar-refractivity contribution is -0.120. The Bertz CT molecular complexity index is 1290. The summed E-state index contributed by atoms with van der Waals surface area (Å²) in [5.74, 6) is -0.191. The van der Waals surface area contributed by atoms with Gasteiger partial charge in [-0.25, -0.2) is 10.2 Å². The highest BCUT2D eigenvalue weighted by molar-refractivity contribution is 9.10. The van der Waals surface area contributed by atoms with Crippen LogP contribution in [0, 0.1) is 0 Å². The molecule has 6 heteroatoms. The first-order valence-corrected chi connectivity index (χ1v) is 10.7. The first-order valence-electron chi connectivity index (χ1n) is 9.95. The molecule has 5 nitrogen and oxygen atoms in total. The Hall–Kier alpha value is -3.77. The third-order valence-electron chi connectivity index (χ3n) is 4.82. The number of ether oxygens (including phenoxy) is 1. The Kier molecular flexibility index (Phi) is 6.72. The van der Waals surface area contributed by atoms with Crippen molar-refractivity contribution in [3.63, 3.8) is 0 Å². The smallest absolute Gasteiger partial charge is 0.343 e. The minimum absolute atomic E-state index is 0.206. The molecule has 0 aliphatic rings. The molecule has 0 spiro atoms. The third kappa shape index (κ3) is 5.28. The van der Waals surface area contributed by atoms with Crippen molar-refractivity contribution in [2.75, 3.05) is 0 Å². The summed E-state index contributed by atoms with van der Waals surface area (Å²) in [6, 6.07) is 27.5. The number of carbonyl (C=O) groups excluding carboxylic acids is 2. The Labute approximate surface area is 193 Å². The molecule has 0 heterocycles. The van der Waals surface area contributed by atoms with Crippen molar-refractivity contribution in [3.05, 3.63) is 112 Å². The van der Waals surface area contributed by atoms with Gasteiger partial charge in [0.1, 0.15) is 5.75 Å². The number of nitrogens with one attached hydrogen (secondary N) is 1. The van der Waals surface area contributed by atoms with E-state index in [1.165, 1.54) is 0 Å². The number of fused-ring (bicyclic) bond motifs is 1. The highest BCUT2D eigenvalue weighted by Gasteiger charge is 2.09. The quantitative estimate of drug-likeness (QED) is 0.169. The van der Waals surface area contributed by atoms with E-state index in [2.05, 4.69) is 26.5 Å². The highest BCUT2D eigenvalue weighted by Crippen LogP contribution is 2.27. The lowest BCUT2D eigenvalue weighted by Crippen LogP contribution is -2.19. The standard InChI is InChI=1S/C26H19BrN2O3/c27-24-15-12-20(22-8-4-5-9-23(22)24)16-25(30)29-28-17-18-10-13-21(14-11-18)32-26(31)19-6-2-1-3-7-19/h1-15,17H,16H2,(H,29,30)/b28-17-. The second-order valence-electron chi connectivity index (χ2n) is 7.05.